The molecule has 0 atom stereocenters. The van der Waals surface area contributed by atoms with Crippen molar-refractivity contribution in [2.75, 3.05) is 11.9 Å². The molecule has 0 radical (unpaired) electrons. The maximum absolute atomic E-state index is 12.2. The lowest BCUT2D eigenvalue weighted by Crippen LogP contribution is -2.19. The van der Waals surface area contributed by atoms with Gasteiger partial charge in [0.15, 0.2) is 0 Å². The maximum atomic E-state index is 12.2. The molecule has 0 saturated heterocycles. The molecule has 7 nitrogen and oxygen atoms in total. The highest BCUT2D eigenvalue weighted by atomic mass is 35.5. The van der Waals surface area contributed by atoms with Crippen LogP contribution in [-0.4, -0.2) is 26.1 Å². The number of pyridine rings is 1. The Labute approximate surface area is 191 Å². The standard InChI is InChI=1S/C24H27ClN6O/c25-20-15-28-24(30-23(20)19-14-27-21-9-5-4-8-18(19)21)29-17-10-11-22(32)31(16-17)13-7-3-1-2-6-12-26/h4-5,8-11,14-16,27H,1-3,6-7,12-13,26H2,(H,28,29,30). The minimum Gasteiger partial charge on any atom is -0.360 e. The van der Waals surface area contributed by atoms with E-state index in [-0.39, 0.29) is 5.56 Å². The Balaban J connectivity index is 1.50. The van der Waals surface area contributed by atoms with E-state index in [9.17, 15) is 4.79 Å². The zero-order valence-corrected chi connectivity index (χ0v) is 18.6. The fraction of sp³-hybridized carbons (Fsp3) is 0.292. The van der Waals surface area contributed by atoms with Gasteiger partial charge in [-0.25, -0.2) is 9.97 Å². The molecular formula is C24H27ClN6O. The zero-order chi connectivity index (χ0) is 22.3. The van der Waals surface area contributed by atoms with Gasteiger partial charge in [-0.05, 0) is 31.5 Å². The summed E-state index contributed by atoms with van der Waals surface area (Å²) in [6.45, 7) is 1.42. The van der Waals surface area contributed by atoms with Gasteiger partial charge in [0.25, 0.3) is 5.56 Å². The number of rotatable bonds is 10. The van der Waals surface area contributed by atoms with E-state index in [0.717, 1.165) is 60.8 Å². The largest absolute Gasteiger partial charge is 0.360 e. The number of halogens is 1. The molecule has 0 amide bonds. The van der Waals surface area contributed by atoms with E-state index in [0.29, 0.717) is 23.2 Å². The molecule has 0 aliphatic carbocycles. The molecule has 4 N–H and O–H groups in total. The van der Waals surface area contributed by atoms with Crippen LogP contribution in [0.15, 0.2) is 59.8 Å². The Morgan fingerprint density at radius 3 is 2.75 bits per heavy atom. The lowest BCUT2D eigenvalue weighted by atomic mass is 10.1. The molecule has 0 fully saturated rings. The van der Waals surface area contributed by atoms with Gasteiger partial charge in [0.2, 0.25) is 5.95 Å². The number of anilines is 2. The highest BCUT2D eigenvalue weighted by molar-refractivity contribution is 6.33. The second-order valence-electron chi connectivity index (χ2n) is 7.77. The Morgan fingerprint density at radius 2 is 1.88 bits per heavy atom. The summed E-state index contributed by atoms with van der Waals surface area (Å²) in [6, 6.07) is 11.3. The number of unbranched alkanes of at least 4 members (excludes halogenated alkanes) is 4. The fourth-order valence-corrected chi connectivity index (χ4v) is 3.94. The lowest BCUT2D eigenvalue weighted by Gasteiger charge is -2.11. The van der Waals surface area contributed by atoms with Gasteiger partial charge in [0.1, 0.15) is 0 Å². The summed E-state index contributed by atoms with van der Waals surface area (Å²) in [7, 11) is 0. The number of fused-ring (bicyclic) bond motifs is 1. The van der Waals surface area contributed by atoms with E-state index in [1.807, 2.05) is 36.7 Å². The number of benzene rings is 1. The molecule has 3 heterocycles. The monoisotopic (exact) mass is 450 g/mol. The van der Waals surface area contributed by atoms with Crippen LogP contribution in [0.2, 0.25) is 5.02 Å². The molecule has 4 rings (SSSR count). The Kier molecular flexibility index (Phi) is 7.19. The van der Waals surface area contributed by atoms with Gasteiger partial charge in [0.05, 0.1) is 22.6 Å². The smallest absolute Gasteiger partial charge is 0.250 e. The number of H-pyrrole nitrogens is 1. The van der Waals surface area contributed by atoms with Crippen LogP contribution in [0.3, 0.4) is 0 Å². The summed E-state index contributed by atoms with van der Waals surface area (Å²) in [6.07, 6.45) is 10.7. The molecule has 1 aromatic carbocycles. The average Bonchev–Trinajstić information content (AvgIpc) is 3.23. The third kappa shape index (κ3) is 5.18. The van der Waals surface area contributed by atoms with Gasteiger partial charge in [-0.15, -0.1) is 0 Å². The van der Waals surface area contributed by atoms with Crippen LogP contribution in [0.5, 0.6) is 0 Å². The van der Waals surface area contributed by atoms with Gasteiger partial charge < -0.3 is 20.6 Å². The molecule has 8 heteroatoms. The third-order valence-corrected chi connectivity index (χ3v) is 5.71. The van der Waals surface area contributed by atoms with Crippen LogP contribution < -0.4 is 16.6 Å². The predicted molar refractivity (Wildman–Crippen MR) is 130 cm³/mol. The third-order valence-electron chi connectivity index (χ3n) is 5.43. The van der Waals surface area contributed by atoms with Gasteiger partial charge in [-0.1, -0.05) is 49.1 Å². The molecule has 0 aliphatic rings. The minimum absolute atomic E-state index is 0.0194. The normalized spacial score (nSPS) is 11.2. The average molecular weight is 451 g/mol. The second kappa shape index (κ2) is 10.4. The van der Waals surface area contributed by atoms with Crippen molar-refractivity contribution in [1.82, 2.24) is 19.5 Å². The van der Waals surface area contributed by atoms with Crippen molar-refractivity contribution >= 4 is 34.1 Å². The minimum atomic E-state index is -0.0194. The first kappa shape index (κ1) is 22.0. The topological polar surface area (TPSA) is 102 Å². The van der Waals surface area contributed by atoms with Crippen molar-refractivity contribution in [2.24, 2.45) is 5.73 Å². The highest BCUT2D eigenvalue weighted by Gasteiger charge is 2.13. The van der Waals surface area contributed by atoms with E-state index >= 15 is 0 Å². The van der Waals surface area contributed by atoms with Crippen molar-refractivity contribution in [3.63, 3.8) is 0 Å². The van der Waals surface area contributed by atoms with E-state index in [4.69, 9.17) is 17.3 Å². The second-order valence-corrected chi connectivity index (χ2v) is 8.18. The van der Waals surface area contributed by atoms with E-state index in [1.165, 1.54) is 0 Å². The molecule has 0 spiro atoms. The van der Waals surface area contributed by atoms with Gasteiger partial charge in [0, 0.05) is 41.5 Å². The van der Waals surface area contributed by atoms with Gasteiger partial charge in [-0.3, -0.25) is 4.79 Å². The van der Waals surface area contributed by atoms with E-state index in [1.54, 1.807) is 22.9 Å². The summed E-state index contributed by atoms with van der Waals surface area (Å²) < 4.78 is 1.72. The molecule has 0 saturated carbocycles. The zero-order valence-electron chi connectivity index (χ0n) is 17.9. The van der Waals surface area contributed by atoms with Crippen molar-refractivity contribution < 1.29 is 0 Å². The van der Waals surface area contributed by atoms with Crippen molar-refractivity contribution in [3.8, 4) is 11.3 Å². The molecule has 166 valence electrons. The first-order valence-electron chi connectivity index (χ1n) is 10.9. The van der Waals surface area contributed by atoms with Crippen LogP contribution in [0.1, 0.15) is 32.1 Å². The number of aromatic nitrogens is 4. The van der Waals surface area contributed by atoms with Gasteiger partial charge in [-0.2, -0.15) is 0 Å². The van der Waals surface area contributed by atoms with Crippen molar-refractivity contribution in [1.29, 1.82) is 0 Å². The summed E-state index contributed by atoms with van der Waals surface area (Å²) >= 11 is 6.42. The quantitative estimate of drug-likeness (QED) is 0.292. The van der Waals surface area contributed by atoms with Crippen LogP contribution in [0, 0.1) is 0 Å². The van der Waals surface area contributed by atoms with Crippen LogP contribution in [0.25, 0.3) is 22.2 Å². The summed E-state index contributed by atoms with van der Waals surface area (Å²) in [5.74, 6) is 0.418. The van der Waals surface area contributed by atoms with E-state index < -0.39 is 0 Å². The van der Waals surface area contributed by atoms with Crippen LogP contribution in [-0.2, 0) is 6.54 Å². The molecule has 0 bridgehead atoms. The Hall–Kier alpha value is -3.16. The molecule has 0 aliphatic heterocycles. The number of aryl methyl sites for hydroxylation is 1. The molecule has 4 aromatic rings. The van der Waals surface area contributed by atoms with Crippen molar-refractivity contribution in [3.05, 3.63) is 70.4 Å². The molecular weight excluding hydrogens is 424 g/mol. The number of hydrogen-bond acceptors (Lipinski definition) is 5. The summed E-state index contributed by atoms with van der Waals surface area (Å²) in [5.41, 5.74) is 8.84. The maximum Gasteiger partial charge on any atom is 0.250 e. The van der Waals surface area contributed by atoms with Crippen LogP contribution in [0.4, 0.5) is 11.6 Å². The fourth-order valence-electron chi connectivity index (χ4n) is 3.75. The number of nitrogens with one attached hydrogen (secondary N) is 2. The molecule has 0 unspecified atom stereocenters. The molecule has 32 heavy (non-hydrogen) atoms. The SMILES string of the molecule is NCCCCCCCn1cc(Nc2ncc(Cl)c(-c3c[nH]c4ccccc34)n2)ccc1=O. The first-order valence-corrected chi connectivity index (χ1v) is 11.3. The highest BCUT2D eigenvalue weighted by Crippen LogP contribution is 2.32. The van der Waals surface area contributed by atoms with Crippen LogP contribution >= 0.6 is 11.6 Å². The number of aromatic amines is 1. The lowest BCUT2D eigenvalue weighted by molar-refractivity contribution is 0.554. The first-order chi connectivity index (χ1) is 15.7. The predicted octanol–water partition coefficient (Wildman–Crippen LogP) is 5.09. The molecule has 3 aromatic heterocycles. The summed E-state index contributed by atoms with van der Waals surface area (Å²) in [4.78, 5) is 24.4. The Bertz CT molecular complexity index is 1250. The van der Waals surface area contributed by atoms with E-state index in [2.05, 4.69) is 20.3 Å². The van der Waals surface area contributed by atoms with Crippen molar-refractivity contribution in [2.45, 2.75) is 38.6 Å². The van der Waals surface area contributed by atoms with Gasteiger partial charge >= 0.3 is 0 Å². The number of hydrogen-bond donors (Lipinski definition) is 3. The Morgan fingerprint density at radius 1 is 1.06 bits per heavy atom. The number of nitrogens with two attached hydrogens (primary N) is 1. The number of nitrogens with zero attached hydrogens (tertiary/aromatic N) is 3. The number of para-hydroxylation sites is 1. The summed E-state index contributed by atoms with van der Waals surface area (Å²) in [5, 5.41) is 4.72.